The third kappa shape index (κ3) is 4.43. The molecule has 1 aliphatic rings. The van der Waals surface area contributed by atoms with Crippen molar-refractivity contribution in [3.8, 4) is 0 Å². The molecule has 2 nitrogen and oxygen atoms in total. The fraction of sp³-hybridized carbons (Fsp3) is 1.00. The summed E-state index contributed by atoms with van der Waals surface area (Å²) in [5.74, 6) is 0. The summed E-state index contributed by atoms with van der Waals surface area (Å²) in [5, 5.41) is 3.62. The Labute approximate surface area is 88.6 Å². The summed E-state index contributed by atoms with van der Waals surface area (Å²) >= 11 is 0. The van der Waals surface area contributed by atoms with Crippen LogP contribution in [0.2, 0.25) is 0 Å². The Morgan fingerprint density at radius 2 is 2.07 bits per heavy atom. The second kappa shape index (κ2) is 5.72. The molecule has 1 rings (SSSR count). The molecular weight excluding hydrogens is 172 g/mol. The van der Waals surface area contributed by atoms with Crippen LogP contribution in [-0.4, -0.2) is 19.1 Å². The maximum Gasteiger partial charge on any atom is 0.00672 e. The van der Waals surface area contributed by atoms with Crippen LogP contribution in [0.25, 0.3) is 0 Å². The SMILES string of the molecule is CC1(C)CCCC(NCCCN)CC1. The molecule has 0 heterocycles. The van der Waals surface area contributed by atoms with Crippen LogP contribution in [0, 0.1) is 5.41 Å². The molecule has 3 N–H and O–H groups in total. The Hall–Kier alpha value is -0.0800. The van der Waals surface area contributed by atoms with E-state index < -0.39 is 0 Å². The minimum absolute atomic E-state index is 0.574. The Morgan fingerprint density at radius 3 is 2.79 bits per heavy atom. The van der Waals surface area contributed by atoms with Crippen molar-refractivity contribution in [2.75, 3.05) is 13.1 Å². The van der Waals surface area contributed by atoms with Crippen molar-refractivity contribution in [1.82, 2.24) is 5.32 Å². The number of rotatable bonds is 4. The molecule has 0 saturated heterocycles. The molecule has 0 spiro atoms. The molecule has 0 aromatic rings. The number of hydrogen-bond acceptors (Lipinski definition) is 2. The zero-order chi connectivity index (χ0) is 10.4. The van der Waals surface area contributed by atoms with Gasteiger partial charge in [0, 0.05) is 6.04 Å². The number of hydrogen-bond donors (Lipinski definition) is 2. The zero-order valence-electron chi connectivity index (χ0n) is 9.81. The number of nitrogens with two attached hydrogens (primary N) is 1. The minimum atomic E-state index is 0.574. The van der Waals surface area contributed by atoms with Crippen molar-refractivity contribution < 1.29 is 0 Å². The van der Waals surface area contributed by atoms with E-state index in [1.54, 1.807) is 0 Å². The first-order chi connectivity index (χ1) is 6.64. The first-order valence-corrected chi connectivity index (χ1v) is 6.07. The van der Waals surface area contributed by atoms with Gasteiger partial charge in [0.25, 0.3) is 0 Å². The highest BCUT2D eigenvalue weighted by Gasteiger charge is 2.23. The fourth-order valence-corrected chi connectivity index (χ4v) is 2.27. The van der Waals surface area contributed by atoms with E-state index in [9.17, 15) is 0 Å². The second-order valence-corrected chi connectivity index (χ2v) is 5.39. The largest absolute Gasteiger partial charge is 0.330 e. The van der Waals surface area contributed by atoms with Gasteiger partial charge in [-0.2, -0.15) is 0 Å². The summed E-state index contributed by atoms with van der Waals surface area (Å²) < 4.78 is 0. The smallest absolute Gasteiger partial charge is 0.00672 e. The molecule has 1 aliphatic carbocycles. The average Bonchev–Trinajstić information content (AvgIpc) is 2.28. The summed E-state index contributed by atoms with van der Waals surface area (Å²) in [4.78, 5) is 0. The highest BCUT2D eigenvalue weighted by Crippen LogP contribution is 2.33. The molecule has 84 valence electrons. The standard InChI is InChI=1S/C12H26N2/c1-12(2)7-3-5-11(6-8-12)14-10-4-9-13/h11,14H,3-10,13H2,1-2H3. The van der Waals surface area contributed by atoms with Crippen LogP contribution in [0.4, 0.5) is 0 Å². The summed E-state index contributed by atoms with van der Waals surface area (Å²) in [6, 6.07) is 0.753. The summed E-state index contributed by atoms with van der Waals surface area (Å²) in [7, 11) is 0. The molecule has 14 heavy (non-hydrogen) atoms. The first-order valence-electron chi connectivity index (χ1n) is 6.07. The highest BCUT2D eigenvalue weighted by molar-refractivity contribution is 4.79. The molecule has 0 amide bonds. The maximum atomic E-state index is 5.48. The predicted molar refractivity (Wildman–Crippen MR) is 62.3 cm³/mol. The Morgan fingerprint density at radius 1 is 1.29 bits per heavy atom. The van der Waals surface area contributed by atoms with Gasteiger partial charge in [-0.1, -0.05) is 20.3 Å². The maximum absolute atomic E-state index is 5.48. The lowest BCUT2D eigenvalue weighted by atomic mass is 9.85. The molecule has 1 unspecified atom stereocenters. The van der Waals surface area contributed by atoms with Crippen molar-refractivity contribution in [1.29, 1.82) is 0 Å². The van der Waals surface area contributed by atoms with Gasteiger partial charge in [0.2, 0.25) is 0 Å². The van der Waals surface area contributed by atoms with Crippen LogP contribution < -0.4 is 11.1 Å². The van der Waals surface area contributed by atoms with Gasteiger partial charge in [-0.3, -0.25) is 0 Å². The average molecular weight is 198 g/mol. The van der Waals surface area contributed by atoms with E-state index in [0.717, 1.165) is 25.6 Å². The molecule has 0 radical (unpaired) electrons. The van der Waals surface area contributed by atoms with Gasteiger partial charge in [-0.05, 0) is 50.6 Å². The molecule has 0 aromatic carbocycles. The molecule has 0 aliphatic heterocycles. The third-order valence-corrected chi connectivity index (χ3v) is 3.39. The minimum Gasteiger partial charge on any atom is -0.330 e. The van der Waals surface area contributed by atoms with E-state index >= 15 is 0 Å². The molecule has 2 heteroatoms. The van der Waals surface area contributed by atoms with Crippen LogP contribution in [0.5, 0.6) is 0 Å². The van der Waals surface area contributed by atoms with Crippen LogP contribution in [0.3, 0.4) is 0 Å². The van der Waals surface area contributed by atoms with E-state index in [0.29, 0.717) is 5.41 Å². The van der Waals surface area contributed by atoms with Gasteiger partial charge in [-0.25, -0.2) is 0 Å². The van der Waals surface area contributed by atoms with Crippen LogP contribution in [0.1, 0.15) is 52.4 Å². The summed E-state index contributed by atoms with van der Waals surface area (Å²) in [6.07, 6.45) is 7.95. The third-order valence-electron chi connectivity index (χ3n) is 3.39. The summed E-state index contributed by atoms with van der Waals surface area (Å²) in [5.41, 5.74) is 6.05. The van der Waals surface area contributed by atoms with Gasteiger partial charge in [0.1, 0.15) is 0 Å². The van der Waals surface area contributed by atoms with E-state index in [-0.39, 0.29) is 0 Å². The van der Waals surface area contributed by atoms with Crippen molar-refractivity contribution in [2.24, 2.45) is 11.1 Å². The van der Waals surface area contributed by atoms with E-state index in [1.165, 1.54) is 32.1 Å². The van der Waals surface area contributed by atoms with Crippen LogP contribution in [0.15, 0.2) is 0 Å². The monoisotopic (exact) mass is 198 g/mol. The van der Waals surface area contributed by atoms with Crippen molar-refractivity contribution in [3.05, 3.63) is 0 Å². The topological polar surface area (TPSA) is 38.0 Å². The Balaban J connectivity index is 2.21. The Kier molecular flexibility index (Phi) is 4.90. The molecule has 0 aromatic heterocycles. The van der Waals surface area contributed by atoms with Crippen molar-refractivity contribution in [2.45, 2.75) is 58.4 Å². The van der Waals surface area contributed by atoms with E-state index in [4.69, 9.17) is 5.73 Å². The molecule has 1 saturated carbocycles. The van der Waals surface area contributed by atoms with Gasteiger partial charge in [0.15, 0.2) is 0 Å². The predicted octanol–water partition coefficient (Wildman–Crippen LogP) is 2.28. The van der Waals surface area contributed by atoms with Crippen LogP contribution in [-0.2, 0) is 0 Å². The van der Waals surface area contributed by atoms with Crippen molar-refractivity contribution in [3.63, 3.8) is 0 Å². The lowest BCUT2D eigenvalue weighted by molar-refractivity contribution is 0.310. The molecule has 1 atom stereocenters. The Bertz CT molecular complexity index is 154. The van der Waals surface area contributed by atoms with Gasteiger partial charge >= 0.3 is 0 Å². The molecular formula is C12H26N2. The molecule has 1 fully saturated rings. The van der Waals surface area contributed by atoms with Crippen LogP contribution >= 0.6 is 0 Å². The number of nitrogens with one attached hydrogen (secondary N) is 1. The summed E-state index contributed by atoms with van der Waals surface area (Å²) in [6.45, 7) is 6.71. The lowest BCUT2D eigenvalue weighted by Crippen LogP contribution is -2.30. The first kappa shape index (κ1) is 12.0. The molecule has 0 bridgehead atoms. The van der Waals surface area contributed by atoms with Gasteiger partial charge < -0.3 is 11.1 Å². The fourth-order valence-electron chi connectivity index (χ4n) is 2.27. The van der Waals surface area contributed by atoms with Crippen molar-refractivity contribution >= 4 is 0 Å². The quantitative estimate of drug-likeness (QED) is 0.537. The van der Waals surface area contributed by atoms with E-state index in [1.807, 2.05) is 0 Å². The zero-order valence-corrected chi connectivity index (χ0v) is 9.81. The van der Waals surface area contributed by atoms with Gasteiger partial charge in [-0.15, -0.1) is 0 Å². The highest BCUT2D eigenvalue weighted by atomic mass is 14.9. The lowest BCUT2D eigenvalue weighted by Gasteiger charge is -2.22. The second-order valence-electron chi connectivity index (χ2n) is 5.39. The van der Waals surface area contributed by atoms with E-state index in [2.05, 4.69) is 19.2 Å². The normalized spacial score (nSPS) is 27.2. The van der Waals surface area contributed by atoms with Gasteiger partial charge in [0.05, 0.1) is 0 Å².